The Hall–Kier alpha value is -0.830. The molecule has 0 atom stereocenters. The molecule has 0 fully saturated rings. The Labute approximate surface area is 88.9 Å². The van der Waals surface area contributed by atoms with Crippen molar-refractivity contribution >= 4 is 17.3 Å². The predicted molar refractivity (Wildman–Crippen MR) is 58.5 cm³/mol. The van der Waals surface area contributed by atoms with Crippen molar-refractivity contribution < 1.29 is 9.53 Å². The molecule has 0 aliphatic carbocycles. The molecule has 1 rings (SSSR count). The molecule has 0 bridgehead atoms. The second-order valence-electron chi connectivity index (χ2n) is 3.18. The number of hydrogen-bond donors (Lipinski definition) is 0. The molecule has 0 saturated heterocycles. The first-order chi connectivity index (χ1) is 6.76. The topological polar surface area (TPSA) is 26.3 Å². The molecule has 0 spiro atoms. The molecule has 0 saturated carbocycles. The highest BCUT2D eigenvalue weighted by atomic mass is 32.1. The van der Waals surface area contributed by atoms with Gasteiger partial charge in [-0.3, -0.25) is 4.79 Å². The van der Waals surface area contributed by atoms with Crippen molar-refractivity contribution in [3.8, 4) is 0 Å². The van der Waals surface area contributed by atoms with Gasteiger partial charge in [-0.1, -0.05) is 19.9 Å². The van der Waals surface area contributed by atoms with Gasteiger partial charge in [-0.25, -0.2) is 0 Å². The van der Waals surface area contributed by atoms with Gasteiger partial charge < -0.3 is 4.74 Å². The molecule has 0 aliphatic heterocycles. The first kappa shape index (κ1) is 11.2. The van der Waals surface area contributed by atoms with Crippen molar-refractivity contribution in [2.75, 3.05) is 0 Å². The zero-order valence-electron chi connectivity index (χ0n) is 8.66. The fourth-order valence-corrected chi connectivity index (χ4v) is 1.93. The maximum absolute atomic E-state index is 11.4. The zero-order valence-corrected chi connectivity index (χ0v) is 9.47. The van der Waals surface area contributed by atoms with Crippen LogP contribution in [0, 0.1) is 0 Å². The number of hydrogen-bond acceptors (Lipinski definition) is 3. The van der Waals surface area contributed by atoms with E-state index in [2.05, 4.69) is 0 Å². The van der Waals surface area contributed by atoms with Crippen LogP contribution < -0.4 is 0 Å². The van der Waals surface area contributed by atoms with Crippen molar-refractivity contribution in [1.82, 2.24) is 0 Å². The number of rotatable bonds is 5. The van der Waals surface area contributed by atoms with E-state index in [9.17, 15) is 4.79 Å². The lowest BCUT2D eigenvalue weighted by atomic mass is 10.2. The van der Waals surface area contributed by atoms with Gasteiger partial charge in [-0.15, -0.1) is 11.3 Å². The van der Waals surface area contributed by atoms with Gasteiger partial charge >= 0.3 is 5.97 Å². The number of ether oxygens (including phenoxy) is 1. The fourth-order valence-electron chi connectivity index (χ4n) is 1.24. The standard InChI is InChI=1S/C11H16O2S/c1-3-9(4-2)13-11(12)8-10-6-5-7-14-10/h5-7,9H,3-4,8H2,1-2H3. The molecule has 0 N–H and O–H groups in total. The van der Waals surface area contributed by atoms with Gasteiger partial charge in [0, 0.05) is 4.88 Å². The Morgan fingerprint density at radius 2 is 2.21 bits per heavy atom. The van der Waals surface area contributed by atoms with Crippen molar-refractivity contribution in [1.29, 1.82) is 0 Å². The third-order valence-corrected chi connectivity index (χ3v) is 2.98. The molecular formula is C11H16O2S. The average Bonchev–Trinajstić information content (AvgIpc) is 2.66. The van der Waals surface area contributed by atoms with E-state index in [1.807, 2.05) is 31.4 Å². The van der Waals surface area contributed by atoms with E-state index >= 15 is 0 Å². The second-order valence-corrected chi connectivity index (χ2v) is 4.22. The average molecular weight is 212 g/mol. The van der Waals surface area contributed by atoms with Gasteiger partial charge in [0.1, 0.15) is 6.10 Å². The van der Waals surface area contributed by atoms with E-state index in [4.69, 9.17) is 4.74 Å². The van der Waals surface area contributed by atoms with Crippen LogP contribution in [0.25, 0.3) is 0 Å². The van der Waals surface area contributed by atoms with Crippen molar-refractivity contribution in [2.24, 2.45) is 0 Å². The second kappa shape index (κ2) is 5.81. The fraction of sp³-hybridized carbons (Fsp3) is 0.545. The van der Waals surface area contributed by atoms with Crippen LogP contribution in [0.15, 0.2) is 17.5 Å². The van der Waals surface area contributed by atoms with Gasteiger partial charge in [0.2, 0.25) is 0 Å². The van der Waals surface area contributed by atoms with Crippen molar-refractivity contribution in [3.05, 3.63) is 22.4 Å². The molecular weight excluding hydrogens is 196 g/mol. The van der Waals surface area contributed by atoms with Crippen LogP contribution in [0.4, 0.5) is 0 Å². The maximum atomic E-state index is 11.4. The summed E-state index contributed by atoms with van der Waals surface area (Å²) in [6.45, 7) is 4.07. The summed E-state index contributed by atoms with van der Waals surface area (Å²) in [5, 5.41) is 1.97. The van der Waals surface area contributed by atoms with E-state index < -0.39 is 0 Å². The molecule has 2 nitrogen and oxygen atoms in total. The Balaban J connectivity index is 2.35. The van der Waals surface area contributed by atoms with Crippen LogP contribution in [0.3, 0.4) is 0 Å². The summed E-state index contributed by atoms with van der Waals surface area (Å²) >= 11 is 1.59. The Bertz CT molecular complexity index is 263. The molecule has 3 heteroatoms. The largest absolute Gasteiger partial charge is 0.462 e. The lowest BCUT2D eigenvalue weighted by Gasteiger charge is -2.13. The van der Waals surface area contributed by atoms with Crippen LogP contribution in [0.1, 0.15) is 31.6 Å². The quantitative estimate of drug-likeness (QED) is 0.701. The third-order valence-electron chi connectivity index (χ3n) is 2.11. The smallest absolute Gasteiger partial charge is 0.311 e. The summed E-state index contributed by atoms with van der Waals surface area (Å²) in [6.07, 6.45) is 2.29. The summed E-state index contributed by atoms with van der Waals surface area (Å²) in [5.74, 6) is -0.110. The maximum Gasteiger partial charge on any atom is 0.311 e. The highest BCUT2D eigenvalue weighted by molar-refractivity contribution is 7.10. The summed E-state index contributed by atoms with van der Waals surface area (Å²) in [4.78, 5) is 12.5. The molecule has 14 heavy (non-hydrogen) atoms. The van der Waals surface area contributed by atoms with E-state index in [1.165, 1.54) is 0 Å². The van der Waals surface area contributed by atoms with E-state index in [0.29, 0.717) is 6.42 Å². The molecule has 0 unspecified atom stereocenters. The van der Waals surface area contributed by atoms with Gasteiger partial charge in [0.05, 0.1) is 6.42 Å². The van der Waals surface area contributed by atoms with Crippen LogP contribution in [0.2, 0.25) is 0 Å². The number of esters is 1. The lowest BCUT2D eigenvalue weighted by Crippen LogP contribution is -2.17. The third kappa shape index (κ3) is 3.50. The van der Waals surface area contributed by atoms with Crippen LogP contribution in [0.5, 0.6) is 0 Å². The van der Waals surface area contributed by atoms with E-state index in [0.717, 1.165) is 17.7 Å². The monoisotopic (exact) mass is 212 g/mol. The van der Waals surface area contributed by atoms with Crippen LogP contribution in [-0.4, -0.2) is 12.1 Å². The highest BCUT2D eigenvalue weighted by Crippen LogP contribution is 2.11. The Kier molecular flexibility index (Phi) is 4.66. The van der Waals surface area contributed by atoms with Gasteiger partial charge in [0.25, 0.3) is 0 Å². The first-order valence-electron chi connectivity index (χ1n) is 4.98. The summed E-state index contributed by atoms with van der Waals surface area (Å²) < 4.78 is 5.29. The molecule has 0 aromatic carbocycles. The van der Waals surface area contributed by atoms with Crippen LogP contribution >= 0.6 is 11.3 Å². The van der Waals surface area contributed by atoms with Crippen molar-refractivity contribution in [2.45, 2.75) is 39.2 Å². The number of carbonyl (C=O) groups excluding carboxylic acids is 1. The summed E-state index contributed by atoms with van der Waals surface area (Å²) in [7, 11) is 0. The van der Waals surface area contributed by atoms with Crippen LogP contribution in [-0.2, 0) is 16.0 Å². The van der Waals surface area contributed by atoms with E-state index in [-0.39, 0.29) is 12.1 Å². The van der Waals surface area contributed by atoms with E-state index in [1.54, 1.807) is 11.3 Å². The predicted octanol–water partition coefficient (Wildman–Crippen LogP) is 3.02. The molecule has 0 amide bonds. The Morgan fingerprint density at radius 3 is 2.71 bits per heavy atom. The molecule has 0 aliphatic rings. The zero-order chi connectivity index (χ0) is 10.4. The molecule has 78 valence electrons. The van der Waals surface area contributed by atoms with Crippen molar-refractivity contribution in [3.63, 3.8) is 0 Å². The lowest BCUT2D eigenvalue weighted by molar-refractivity contribution is -0.148. The number of carbonyl (C=O) groups is 1. The summed E-state index contributed by atoms with van der Waals surface area (Å²) in [5.41, 5.74) is 0. The summed E-state index contributed by atoms with van der Waals surface area (Å²) in [6, 6.07) is 3.91. The SMILES string of the molecule is CCC(CC)OC(=O)Cc1cccs1. The minimum absolute atomic E-state index is 0.0856. The highest BCUT2D eigenvalue weighted by Gasteiger charge is 2.11. The first-order valence-corrected chi connectivity index (χ1v) is 5.86. The van der Waals surface area contributed by atoms with Gasteiger partial charge in [-0.2, -0.15) is 0 Å². The normalized spacial score (nSPS) is 10.5. The molecule has 1 heterocycles. The van der Waals surface area contributed by atoms with Gasteiger partial charge in [0.15, 0.2) is 0 Å². The minimum Gasteiger partial charge on any atom is -0.462 e. The van der Waals surface area contributed by atoms with Gasteiger partial charge in [-0.05, 0) is 24.3 Å². The number of thiophene rings is 1. The Morgan fingerprint density at radius 1 is 1.50 bits per heavy atom. The molecule has 1 aromatic rings. The molecule has 1 aromatic heterocycles. The minimum atomic E-state index is -0.110. The molecule has 0 radical (unpaired) electrons.